The summed E-state index contributed by atoms with van der Waals surface area (Å²) in [4.78, 5) is 13.2. The molecule has 6 nitrogen and oxygen atoms in total. The lowest BCUT2D eigenvalue weighted by Gasteiger charge is -2.16. The highest BCUT2D eigenvalue weighted by atomic mass is 35.5. The van der Waals surface area contributed by atoms with Crippen molar-refractivity contribution < 1.29 is 8.78 Å². The summed E-state index contributed by atoms with van der Waals surface area (Å²) >= 11 is 12.9. The summed E-state index contributed by atoms with van der Waals surface area (Å²) in [6, 6.07) is 8.03. The predicted molar refractivity (Wildman–Crippen MR) is 118 cm³/mol. The fourth-order valence-electron chi connectivity index (χ4n) is 3.73. The van der Waals surface area contributed by atoms with Gasteiger partial charge in [-0.2, -0.15) is 0 Å². The molecule has 5 rings (SSSR count). The van der Waals surface area contributed by atoms with Gasteiger partial charge in [0.15, 0.2) is 11.6 Å². The number of aliphatic imine (C=N–C) groups is 1. The summed E-state index contributed by atoms with van der Waals surface area (Å²) in [7, 11) is 0. The van der Waals surface area contributed by atoms with Gasteiger partial charge in [-0.25, -0.2) is 18.7 Å². The molecule has 10 heteroatoms. The molecule has 0 radical (unpaired) electrons. The highest BCUT2D eigenvalue weighted by Crippen LogP contribution is 2.39. The molecule has 0 saturated carbocycles. The van der Waals surface area contributed by atoms with Gasteiger partial charge < -0.3 is 0 Å². The van der Waals surface area contributed by atoms with Crippen LogP contribution in [0.25, 0.3) is 17.2 Å². The average Bonchev–Trinajstić information content (AvgIpc) is 3.15. The van der Waals surface area contributed by atoms with Gasteiger partial charge in [0.25, 0.3) is 0 Å². The van der Waals surface area contributed by atoms with Crippen LogP contribution in [0, 0.1) is 18.6 Å². The summed E-state index contributed by atoms with van der Waals surface area (Å²) in [6.07, 6.45) is 1.62. The molecule has 0 saturated heterocycles. The van der Waals surface area contributed by atoms with Crippen LogP contribution in [0.15, 0.2) is 47.6 Å². The third-order valence-electron chi connectivity index (χ3n) is 5.14. The smallest absolute Gasteiger partial charge is 0.187 e. The Morgan fingerprint density at radius 1 is 0.969 bits per heavy atom. The second-order valence-electron chi connectivity index (χ2n) is 7.21. The topological polar surface area (TPSA) is 68.8 Å². The molecular weight excluding hydrogens is 457 g/mol. The van der Waals surface area contributed by atoms with Gasteiger partial charge in [-0.15, -0.1) is 10.2 Å². The van der Waals surface area contributed by atoms with E-state index in [2.05, 4.69) is 25.2 Å². The number of hydrogen-bond donors (Lipinski definition) is 0. The standard InChI is InChI=1S/C22H14Cl2F2N6/c1-10-21-30-31-22(15-8-9-27-11(2)29-15)32(21)16-7-6-12(23)19(24)18(16)20(28-10)17-13(25)4-3-5-14(17)26/h3-10H,1-2H3/t10-/m0/s1. The molecule has 0 N–H and O–H groups in total. The Hall–Kier alpha value is -3.23. The Morgan fingerprint density at radius 3 is 2.44 bits per heavy atom. The minimum Gasteiger partial charge on any atom is -0.275 e. The monoisotopic (exact) mass is 470 g/mol. The van der Waals surface area contributed by atoms with Crippen LogP contribution >= 0.6 is 23.2 Å². The van der Waals surface area contributed by atoms with E-state index in [1.165, 1.54) is 18.2 Å². The summed E-state index contributed by atoms with van der Waals surface area (Å²) in [5.74, 6) is -0.0872. The highest BCUT2D eigenvalue weighted by molar-refractivity contribution is 6.45. The molecule has 1 aliphatic heterocycles. The normalized spacial score (nSPS) is 15.1. The molecule has 2 aromatic carbocycles. The van der Waals surface area contributed by atoms with Crippen molar-refractivity contribution in [3.05, 3.63) is 87.1 Å². The fraction of sp³-hybridized carbons (Fsp3) is 0.136. The largest absolute Gasteiger partial charge is 0.275 e. The lowest BCUT2D eigenvalue weighted by Crippen LogP contribution is -2.13. The minimum atomic E-state index is -0.762. The van der Waals surface area contributed by atoms with Crippen molar-refractivity contribution in [2.45, 2.75) is 19.9 Å². The van der Waals surface area contributed by atoms with Crippen LogP contribution in [0.2, 0.25) is 10.0 Å². The lowest BCUT2D eigenvalue weighted by molar-refractivity contribution is 0.578. The third kappa shape index (κ3) is 3.18. The van der Waals surface area contributed by atoms with Crippen LogP contribution in [-0.4, -0.2) is 30.4 Å². The fourth-order valence-corrected chi connectivity index (χ4v) is 4.14. The van der Waals surface area contributed by atoms with E-state index < -0.39 is 17.7 Å². The van der Waals surface area contributed by atoms with Gasteiger partial charge in [-0.3, -0.25) is 9.56 Å². The van der Waals surface area contributed by atoms with Crippen LogP contribution in [0.3, 0.4) is 0 Å². The number of fused-ring (bicyclic) bond motifs is 3. The maximum absolute atomic E-state index is 14.8. The Bertz CT molecular complexity index is 1400. The van der Waals surface area contributed by atoms with E-state index in [9.17, 15) is 8.78 Å². The number of benzene rings is 2. The van der Waals surface area contributed by atoms with E-state index in [4.69, 9.17) is 23.2 Å². The summed E-state index contributed by atoms with van der Waals surface area (Å²) in [5, 5.41) is 8.96. The second-order valence-corrected chi connectivity index (χ2v) is 8.00. The molecule has 1 atom stereocenters. The summed E-state index contributed by atoms with van der Waals surface area (Å²) < 4.78 is 31.4. The number of nitrogens with zero attached hydrogens (tertiary/aromatic N) is 6. The lowest BCUT2D eigenvalue weighted by atomic mass is 9.99. The van der Waals surface area contributed by atoms with Gasteiger partial charge in [-0.05, 0) is 44.2 Å². The van der Waals surface area contributed by atoms with Crippen LogP contribution in [0.1, 0.15) is 35.7 Å². The van der Waals surface area contributed by atoms with Crippen LogP contribution < -0.4 is 0 Å². The van der Waals surface area contributed by atoms with Crippen molar-refractivity contribution in [1.29, 1.82) is 0 Å². The minimum absolute atomic E-state index is 0.0471. The van der Waals surface area contributed by atoms with Crippen molar-refractivity contribution in [2.24, 2.45) is 4.99 Å². The first-order valence-electron chi connectivity index (χ1n) is 9.63. The molecule has 2 aromatic heterocycles. The van der Waals surface area contributed by atoms with Gasteiger partial charge in [0.05, 0.1) is 27.0 Å². The van der Waals surface area contributed by atoms with E-state index in [-0.39, 0.29) is 26.9 Å². The quantitative estimate of drug-likeness (QED) is 0.386. The van der Waals surface area contributed by atoms with Crippen molar-refractivity contribution in [1.82, 2.24) is 24.7 Å². The van der Waals surface area contributed by atoms with Gasteiger partial charge in [0.1, 0.15) is 29.2 Å². The molecular formula is C22H14Cl2F2N6. The maximum atomic E-state index is 14.8. The van der Waals surface area contributed by atoms with E-state index in [1.54, 1.807) is 42.8 Å². The molecule has 0 unspecified atom stereocenters. The van der Waals surface area contributed by atoms with Gasteiger partial charge in [0, 0.05) is 11.8 Å². The molecule has 1 aliphatic rings. The van der Waals surface area contributed by atoms with Crippen molar-refractivity contribution in [2.75, 3.05) is 0 Å². The zero-order valence-corrected chi connectivity index (χ0v) is 18.3. The molecule has 0 bridgehead atoms. The average molecular weight is 471 g/mol. The van der Waals surface area contributed by atoms with Crippen LogP contribution in [-0.2, 0) is 0 Å². The zero-order chi connectivity index (χ0) is 22.6. The predicted octanol–water partition coefficient (Wildman–Crippen LogP) is 5.53. The molecule has 32 heavy (non-hydrogen) atoms. The SMILES string of the molecule is Cc1nccc(-c2nnc3n2-c2ccc(Cl)c(Cl)c2C(c2c(F)cccc2F)=N[C@H]3C)n1. The Balaban J connectivity index is 1.87. The Labute approximate surface area is 191 Å². The van der Waals surface area contributed by atoms with E-state index in [0.29, 0.717) is 28.9 Å². The van der Waals surface area contributed by atoms with Gasteiger partial charge >= 0.3 is 0 Å². The molecule has 0 aliphatic carbocycles. The summed E-state index contributed by atoms with van der Waals surface area (Å²) in [5.41, 5.74) is 1.05. The summed E-state index contributed by atoms with van der Waals surface area (Å²) in [6.45, 7) is 3.52. The Kier molecular flexibility index (Phi) is 4.98. The third-order valence-corrected chi connectivity index (χ3v) is 5.94. The van der Waals surface area contributed by atoms with E-state index in [0.717, 1.165) is 0 Å². The molecule has 3 heterocycles. The molecule has 0 fully saturated rings. The Morgan fingerprint density at radius 2 is 1.72 bits per heavy atom. The van der Waals surface area contributed by atoms with Crippen molar-refractivity contribution in [3.8, 4) is 17.2 Å². The first-order valence-corrected chi connectivity index (χ1v) is 10.4. The number of halogens is 4. The molecule has 4 aromatic rings. The number of rotatable bonds is 2. The first-order chi connectivity index (χ1) is 15.4. The highest BCUT2D eigenvalue weighted by Gasteiger charge is 2.32. The second kappa shape index (κ2) is 7.72. The van der Waals surface area contributed by atoms with Crippen LogP contribution in [0.5, 0.6) is 0 Å². The number of aromatic nitrogens is 5. The zero-order valence-electron chi connectivity index (χ0n) is 16.8. The van der Waals surface area contributed by atoms with Gasteiger partial charge in [-0.1, -0.05) is 29.3 Å². The van der Waals surface area contributed by atoms with E-state index >= 15 is 0 Å². The number of aryl methyl sites for hydroxylation is 1. The van der Waals surface area contributed by atoms with Crippen LogP contribution in [0.4, 0.5) is 8.78 Å². The maximum Gasteiger partial charge on any atom is 0.187 e. The number of hydrogen-bond acceptors (Lipinski definition) is 5. The van der Waals surface area contributed by atoms with E-state index in [1.807, 2.05) is 0 Å². The molecule has 0 amide bonds. The first kappa shape index (κ1) is 20.7. The molecule has 160 valence electrons. The van der Waals surface area contributed by atoms with Crippen molar-refractivity contribution in [3.63, 3.8) is 0 Å². The van der Waals surface area contributed by atoms with Crippen molar-refractivity contribution >= 4 is 28.9 Å². The molecule has 0 spiro atoms. The van der Waals surface area contributed by atoms with Gasteiger partial charge in [0.2, 0.25) is 0 Å².